The highest BCUT2D eigenvalue weighted by atomic mass is 35.5. The minimum atomic E-state index is -0.442. The van der Waals surface area contributed by atoms with Crippen molar-refractivity contribution < 1.29 is 14.1 Å². The van der Waals surface area contributed by atoms with Crippen LogP contribution in [0.25, 0.3) is 0 Å². The number of aryl methyl sites for hydroxylation is 2. The lowest BCUT2D eigenvalue weighted by molar-refractivity contribution is -0.386. The summed E-state index contributed by atoms with van der Waals surface area (Å²) in [6, 6.07) is 4.38. The Morgan fingerprint density at radius 3 is 2.55 bits per heavy atom. The molecule has 1 amide bonds. The maximum atomic E-state index is 13.2. The van der Waals surface area contributed by atoms with Crippen LogP contribution in [0.1, 0.15) is 23.4 Å². The van der Waals surface area contributed by atoms with E-state index >= 15 is 0 Å². The first-order valence-electron chi connectivity index (χ1n) is 9.38. The minimum absolute atomic E-state index is 0.000305. The van der Waals surface area contributed by atoms with E-state index in [0.29, 0.717) is 55.7 Å². The van der Waals surface area contributed by atoms with E-state index in [2.05, 4.69) is 10.00 Å². The Bertz CT molecular complexity index is 925. The van der Waals surface area contributed by atoms with E-state index in [1.807, 2.05) is 0 Å². The second-order valence-electron chi connectivity index (χ2n) is 7.14. The fraction of sp³-hybridized carbons (Fsp3) is 0.474. The van der Waals surface area contributed by atoms with Gasteiger partial charge >= 0.3 is 5.69 Å². The number of rotatable bonds is 6. The smallest absolute Gasteiger partial charge is 0.312 e. The Morgan fingerprint density at radius 1 is 1.28 bits per heavy atom. The van der Waals surface area contributed by atoms with Gasteiger partial charge in [0.1, 0.15) is 17.2 Å². The molecular formula is C19H23ClFN5O3. The fourth-order valence-corrected chi connectivity index (χ4v) is 3.80. The summed E-state index contributed by atoms with van der Waals surface area (Å²) in [4.78, 5) is 27.1. The second-order valence-corrected chi connectivity index (χ2v) is 7.55. The van der Waals surface area contributed by atoms with E-state index in [1.54, 1.807) is 24.8 Å². The third-order valence-corrected chi connectivity index (χ3v) is 5.55. The lowest BCUT2D eigenvalue weighted by Gasteiger charge is -2.35. The van der Waals surface area contributed by atoms with Crippen molar-refractivity contribution in [2.75, 3.05) is 26.2 Å². The van der Waals surface area contributed by atoms with Crippen LogP contribution < -0.4 is 0 Å². The lowest BCUT2D eigenvalue weighted by Crippen LogP contribution is -2.48. The van der Waals surface area contributed by atoms with Gasteiger partial charge in [-0.05, 0) is 31.5 Å². The Hall–Kier alpha value is -2.52. The number of carbonyl (C=O) groups is 1. The molecule has 1 fully saturated rings. The number of benzene rings is 1. The maximum Gasteiger partial charge on any atom is 0.312 e. The number of carbonyl (C=O) groups excluding carboxylic acids is 1. The molecule has 0 unspecified atom stereocenters. The Morgan fingerprint density at radius 2 is 1.97 bits per heavy atom. The van der Waals surface area contributed by atoms with Crippen molar-refractivity contribution in [3.63, 3.8) is 0 Å². The van der Waals surface area contributed by atoms with E-state index in [0.717, 1.165) is 5.56 Å². The number of halogens is 2. The molecule has 0 spiro atoms. The number of hydrogen-bond donors (Lipinski definition) is 0. The number of nitrogens with zero attached hydrogens (tertiary/aromatic N) is 5. The van der Waals surface area contributed by atoms with Crippen molar-refractivity contribution >= 4 is 23.2 Å². The highest BCUT2D eigenvalue weighted by Gasteiger charge is 2.24. The van der Waals surface area contributed by atoms with Gasteiger partial charge in [-0.3, -0.25) is 24.5 Å². The van der Waals surface area contributed by atoms with E-state index < -0.39 is 4.92 Å². The Balaban J connectivity index is 1.50. The lowest BCUT2D eigenvalue weighted by atomic mass is 10.2. The molecule has 0 atom stereocenters. The van der Waals surface area contributed by atoms with Gasteiger partial charge in [-0.15, -0.1) is 0 Å². The van der Waals surface area contributed by atoms with Gasteiger partial charge in [0.15, 0.2) is 0 Å². The molecule has 1 saturated heterocycles. The van der Waals surface area contributed by atoms with Crippen molar-refractivity contribution in [2.45, 2.75) is 33.4 Å². The van der Waals surface area contributed by atoms with Crippen molar-refractivity contribution in [3.05, 3.63) is 56.1 Å². The summed E-state index contributed by atoms with van der Waals surface area (Å²) in [5.41, 5.74) is 1.68. The summed E-state index contributed by atoms with van der Waals surface area (Å²) in [5, 5.41) is 15.7. The van der Waals surface area contributed by atoms with Crippen LogP contribution in [0.5, 0.6) is 0 Å². The topological polar surface area (TPSA) is 84.5 Å². The Kier molecular flexibility index (Phi) is 6.49. The van der Waals surface area contributed by atoms with Crippen molar-refractivity contribution in [1.82, 2.24) is 19.6 Å². The fourth-order valence-electron chi connectivity index (χ4n) is 3.58. The highest BCUT2D eigenvalue weighted by molar-refractivity contribution is 6.31. The molecule has 10 heteroatoms. The van der Waals surface area contributed by atoms with E-state index in [-0.39, 0.29) is 23.8 Å². The number of nitro groups is 1. The molecular weight excluding hydrogens is 401 g/mol. The average Bonchev–Trinajstić information content (AvgIpc) is 2.96. The van der Waals surface area contributed by atoms with Crippen LogP contribution in [0, 0.1) is 29.8 Å². The van der Waals surface area contributed by atoms with Crippen LogP contribution in [0.3, 0.4) is 0 Å². The summed E-state index contributed by atoms with van der Waals surface area (Å²) in [7, 11) is 0. The van der Waals surface area contributed by atoms with E-state index in [9.17, 15) is 19.3 Å². The molecule has 0 N–H and O–H groups in total. The largest absolute Gasteiger partial charge is 0.340 e. The summed E-state index contributed by atoms with van der Waals surface area (Å²) >= 11 is 6.09. The zero-order valence-corrected chi connectivity index (χ0v) is 17.2. The first kappa shape index (κ1) is 21.2. The van der Waals surface area contributed by atoms with Crippen LogP contribution >= 0.6 is 11.6 Å². The number of hydrogen-bond acceptors (Lipinski definition) is 5. The summed E-state index contributed by atoms with van der Waals surface area (Å²) in [6.45, 7) is 6.73. The molecule has 2 aromatic rings. The van der Waals surface area contributed by atoms with Gasteiger partial charge in [0.25, 0.3) is 0 Å². The normalized spacial score (nSPS) is 15.0. The summed E-state index contributed by atoms with van der Waals surface area (Å²) in [6.07, 6.45) is 0.239. The molecule has 1 aromatic heterocycles. The average molecular weight is 424 g/mol. The number of amides is 1. The SMILES string of the molecule is Cc1nn(CCC(=O)N2CCN(Cc3ccc(F)cc3Cl)CC2)c(C)c1[N+](=O)[O-]. The first-order valence-corrected chi connectivity index (χ1v) is 9.76. The third kappa shape index (κ3) is 4.91. The molecule has 2 heterocycles. The van der Waals surface area contributed by atoms with Crippen molar-refractivity contribution in [2.24, 2.45) is 0 Å². The molecule has 0 bridgehead atoms. The summed E-state index contributed by atoms with van der Waals surface area (Å²) < 4.78 is 14.7. The molecule has 1 aliphatic heterocycles. The molecule has 0 radical (unpaired) electrons. The van der Waals surface area contributed by atoms with Crippen molar-refractivity contribution in [1.29, 1.82) is 0 Å². The van der Waals surface area contributed by atoms with Crippen LogP contribution in [-0.4, -0.2) is 56.6 Å². The van der Waals surface area contributed by atoms with Gasteiger partial charge in [0.2, 0.25) is 5.91 Å². The van der Waals surface area contributed by atoms with Gasteiger partial charge in [0, 0.05) is 44.2 Å². The van der Waals surface area contributed by atoms with Crippen LogP contribution in [-0.2, 0) is 17.9 Å². The standard InChI is InChI=1S/C19H23ClFN5O3/c1-13-19(26(28)29)14(2)25(22-13)6-5-18(27)24-9-7-23(8-10-24)12-15-3-4-16(21)11-17(15)20/h3-4,11H,5-10,12H2,1-2H3. The minimum Gasteiger partial charge on any atom is -0.340 e. The zero-order valence-electron chi connectivity index (χ0n) is 16.4. The molecule has 1 aromatic carbocycles. The summed E-state index contributed by atoms with van der Waals surface area (Å²) in [5.74, 6) is -0.359. The molecule has 0 saturated carbocycles. The number of aromatic nitrogens is 2. The second kappa shape index (κ2) is 8.87. The maximum absolute atomic E-state index is 13.2. The van der Waals surface area contributed by atoms with Crippen LogP contribution in [0.4, 0.5) is 10.1 Å². The van der Waals surface area contributed by atoms with Gasteiger partial charge in [0.05, 0.1) is 11.5 Å². The van der Waals surface area contributed by atoms with Crippen LogP contribution in [0.2, 0.25) is 5.02 Å². The quantitative estimate of drug-likeness (QED) is 0.526. The van der Waals surface area contributed by atoms with Gasteiger partial charge in [-0.25, -0.2) is 4.39 Å². The predicted octanol–water partition coefficient (Wildman–Crippen LogP) is 2.94. The van der Waals surface area contributed by atoms with E-state index in [1.165, 1.54) is 16.8 Å². The van der Waals surface area contributed by atoms with Gasteiger partial charge in [-0.2, -0.15) is 5.10 Å². The highest BCUT2D eigenvalue weighted by Crippen LogP contribution is 2.22. The molecule has 156 valence electrons. The van der Waals surface area contributed by atoms with Gasteiger partial charge in [-0.1, -0.05) is 17.7 Å². The zero-order chi connectivity index (χ0) is 21.1. The molecule has 3 rings (SSSR count). The third-order valence-electron chi connectivity index (χ3n) is 5.20. The Labute approximate surface area is 173 Å². The van der Waals surface area contributed by atoms with Crippen molar-refractivity contribution in [3.8, 4) is 0 Å². The first-order chi connectivity index (χ1) is 13.8. The van der Waals surface area contributed by atoms with Gasteiger partial charge < -0.3 is 4.90 Å². The molecule has 8 nitrogen and oxygen atoms in total. The molecule has 0 aliphatic carbocycles. The monoisotopic (exact) mass is 423 g/mol. The number of piperazine rings is 1. The molecule has 29 heavy (non-hydrogen) atoms. The van der Waals surface area contributed by atoms with E-state index in [4.69, 9.17) is 11.6 Å². The molecule has 1 aliphatic rings. The predicted molar refractivity (Wildman–Crippen MR) is 106 cm³/mol. The van der Waals surface area contributed by atoms with Crippen LogP contribution in [0.15, 0.2) is 18.2 Å².